The highest BCUT2D eigenvalue weighted by atomic mass is 16.5. The van der Waals surface area contributed by atoms with Crippen LogP contribution in [-0.4, -0.2) is 12.6 Å². The molecule has 0 aliphatic rings. The van der Waals surface area contributed by atoms with Gasteiger partial charge in [0, 0.05) is 6.42 Å². The summed E-state index contributed by atoms with van der Waals surface area (Å²) in [5.74, 6) is 0.347. The number of rotatable bonds is 6. The third kappa shape index (κ3) is 6.67. The van der Waals surface area contributed by atoms with Gasteiger partial charge in [-0.1, -0.05) is 80.0 Å². The van der Waals surface area contributed by atoms with Crippen molar-refractivity contribution in [3.05, 3.63) is 34.9 Å². The summed E-state index contributed by atoms with van der Waals surface area (Å²) in [6, 6.07) is 6.80. The lowest BCUT2D eigenvalue weighted by Crippen LogP contribution is -2.17. The quantitative estimate of drug-likeness (QED) is 0.615. The average molecular weight is 333 g/mol. The maximum atomic E-state index is 12.0. The molecule has 0 heterocycles. The predicted molar refractivity (Wildman–Crippen MR) is 103 cm³/mol. The minimum atomic E-state index is -0.0891. The van der Waals surface area contributed by atoms with Crippen molar-refractivity contribution in [2.45, 2.75) is 85.5 Å². The number of esters is 1. The summed E-state index contributed by atoms with van der Waals surface area (Å²) in [4.78, 5) is 12.0. The Bertz CT molecular complexity index is 512. The van der Waals surface area contributed by atoms with E-state index in [1.165, 1.54) is 16.7 Å². The van der Waals surface area contributed by atoms with Crippen molar-refractivity contribution < 1.29 is 9.53 Å². The molecule has 1 aromatic rings. The van der Waals surface area contributed by atoms with Gasteiger partial charge in [-0.25, -0.2) is 0 Å². The molecule has 0 amide bonds. The second-order valence-corrected chi connectivity index (χ2v) is 9.12. The van der Waals surface area contributed by atoms with Crippen LogP contribution < -0.4 is 0 Å². The molecule has 0 aromatic heterocycles. The molecule has 0 radical (unpaired) electrons. The maximum Gasteiger partial charge on any atom is 0.306 e. The van der Waals surface area contributed by atoms with Crippen LogP contribution in [0.4, 0.5) is 0 Å². The van der Waals surface area contributed by atoms with E-state index in [0.29, 0.717) is 18.9 Å². The number of carbonyl (C=O) groups is 1. The zero-order valence-corrected chi connectivity index (χ0v) is 17.0. The highest BCUT2D eigenvalue weighted by Gasteiger charge is 2.20. The normalized spacial score (nSPS) is 13.7. The van der Waals surface area contributed by atoms with Gasteiger partial charge < -0.3 is 4.74 Å². The number of aryl methyl sites for hydroxylation is 1. The van der Waals surface area contributed by atoms with Crippen LogP contribution in [0.1, 0.15) is 84.9 Å². The molecule has 0 bridgehead atoms. The van der Waals surface area contributed by atoms with Crippen LogP contribution in [-0.2, 0) is 26.8 Å². The Kier molecular flexibility index (Phi) is 7.07. The van der Waals surface area contributed by atoms with Crippen LogP contribution >= 0.6 is 0 Å². The number of hydrogen-bond acceptors (Lipinski definition) is 2. The van der Waals surface area contributed by atoms with Gasteiger partial charge >= 0.3 is 5.97 Å². The zero-order chi connectivity index (χ0) is 18.5. The molecule has 1 atom stereocenters. The lowest BCUT2D eigenvalue weighted by atomic mass is 9.79. The molecule has 0 N–H and O–H groups in total. The topological polar surface area (TPSA) is 26.3 Å². The fourth-order valence-corrected chi connectivity index (χ4v) is 2.37. The van der Waals surface area contributed by atoms with E-state index in [4.69, 9.17) is 4.74 Å². The summed E-state index contributed by atoms with van der Waals surface area (Å²) in [6.45, 7) is 18.2. The molecule has 1 unspecified atom stereocenters. The molecule has 0 fully saturated rings. The average Bonchev–Trinajstić information content (AvgIpc) is 2.48. The Morgan fingerprint density at radius 2 is 1.50 bits per heavy atom. The van der Waals surface area contributed by atoms with Crippen molar-refractivity contribution in [3.8, 4) is 0 Å². The second-order valence-electron chi connectivity index (χ2n) is 9.12. The summed E-state index contributed by atoms with van der Waals surface area (Å²) >= 11 is 0. The van der Waals surface area contributed by atoms with Gasteiger partial charge in [0.15, 0.2) is 0 Å². The number of benzene rings is 1. The molecule has 0 aliphatic carbocycles. The van der Waals surface area contributed by atoms with E-state index < -0.39 is 0 Å². The Labute approximate surface area is 149 Å². The van der Waals surface area contributed by atoms with Crippen molar-refractivity contribution in [1.29, 1.82) is 0 Å². The van der Waals surface area contributed by atoms with E-state index in [9.17, 15) is 4.79 Å². The van der Waals surface area contributed by atoms with Gasteiger partial charge in [0.05, 0.1) is 6.61 Å². The SMILES string of the molecule is CCC(C)COC(=O)CCc1cc(C(C)(C)C)cc(C(C)(C)C)c1. The van der Waals surface area contributed by atoms with Crippen LogP contribution in [0.5, 0.6) is 0 Å². The minimum Gasteiger partial charge on any atom is -0.465 e. The molecular weight excluding hydrogens is 296 g/mol. The molecule has 0 saturated heterocycles. The molecule has 136 valence electrons. The van der Waals surface area contributed by atoms with E-state index in [-0.39, 0.29) is 16.8 Å². The third-order valence-corrected chi connectivity index (χ3v) is 4.57. The van der Waals surface area contributed by atoms with E-state index >= 15 is 0 Å². The second kappa shape index (κ2) is 8.18. The summed E-state index contributed by atoms with van der Waals surface area (Å²) in [5.41, 5.74) is 4.10. The largest absolute Gasteiger partial charge is 0.465 e. The van der Waals surface area contributed by atoms with Gasteiger partial charge in [0.25, 0.3) is 0 Å². The first-order chi connectivity index (χ1) is 10.9. The Hall–Kier alpha value is -1.31. The zero-order valence-electron chi connectivity index (χ0n) is 17.0. The van der Waals surface area contributed by atoms with Crippen molar-refractivity contribution in [2.24, 2.45) is 5.92 Å². The van der Waals surface area contributed by atoms with Crippen molar-refractivity contribution in [1.82, 2.24) is 0 Å². The summed E-state index contributed by atoms with van der Waals surface area (Å²) in [7, 11) is 0. The van der Waals surface area contributed by atoms with E-state index in [0.717, 1.165) is 12.8 Å². The smallest absolute Gasteiger partial charge is 0.306 e. The Morgan fingerprint density at radius 1 is 1.00 bits per heavy atom. The summed E-state index contributed by atoms with van der Waals surface area (Å²) in [5, 5.41) is 0. The molecule has 1 aromatic carbocycles. The van der Waals surface area contributed by atoms with Crippen LogP contribution in [0.15, 0.2) is 18.2 Å². The Morgan fingerprint density at radius 3 is 1.92 bits per heavy atom. The van der Waals surface area contributed by atoms with Gasteiger partial charge in [-0.15, -0.1) is 0 Å². The minimum absolute atomic E-state index is 0.0891. The van der Waals surface area contributed by atoms with E-state index in [2.05, 4.69) is 73.6 Å². The van der Waals surface area contributed by atoms with Crippen LogP contribution in [0.3, 0.4) is 0 Å². The lowest BCUT2D eigenvalue weighted by Gasteiger charge is -2.26. The number of carbonyl (C=O) groups excluding carboxylic acids is 1. The standard InChI is InChI=1S/C22H36O2/c1-9-16(2)15-24-20(23)11-10-17-12-18(21(3,4)5)14-19(13-17)22(6,7)8/h12-14,16H,9-11,15H2,1-8H3. The first kappa shape index (κ1) is 20.7. The van der Waals surface area contributed by atoms with Crippen molar-refractivity contribution in [2.75, 3.05) is 6.61 Å². The molecule has 1 rings (SSSR count). The molecule has 2 nitrogen and oxygen atoms in total. The van der Waals surface area contributed by atoms with Crippen molar-refractivity contribution in [3.63, 3.8) is 0 Å². The first-order valence-corrected chi connectivity index (χ1v) is 9.24. The number of ether oxygens (including phenoxy) is 1. The van der Waals surface area contributed by atoms with Crippen LogP contribution in [0.25, 0.3) is 0 Å². The first-order valence-electron chi connectivity index (χ1n) is 9.24. The van der Waals surface area contributed by atoms with Gasteiger partial charge in [-0.2, -0.15) is 0 Å². The Balaban J connectivity index is 2.85. The molecular formula is C22H36O2. The van der Waals surface area contributed by atoms with Gasteiger partial charge in [0.1, 0.15) is 0 Å². The van der Waals surface area contributed by atoms with Gasteiger partial charge in [-0.05, 0) is 39.9 Å². The molecule has 24 heavy (non-hydrogen) atoms. The maximum absolute atomic E-state index is 12.0. The van der Waals surface area contributed by atoms with E-state index in [1.54, 1.807) is 0 Å². The highest BCUT2D eigenvalue weighted by molar-refractivity contribution is 5.69. The fourth-order valence-electron chi connectivity index (χ4n) is 2.37. The molecule has 0 saturated carbocycles. The summed E-state index contributed by atoms with van der Waals surface area (Å²) < 4.78 is 5.37. The lowest BCUT2D eigenvalue weighted by molar-refractivity contribution is -0.144. The highest BCUT2D eigenvalue weighted by Crippen LogP contribution is 2.30. The number of hydrogen-bond donors (Lipinski definition) is 0. The van der Waals surface area contributed by atoms with Crippen LogP contribution in [0, 0.1) is 5.92 Å². The molecule has 0 spiro atoms. The van der Waals surface area contributed by atoms with E-state index in [1.807, 2.05) is 0 Å². The summed E-state index contributed by atoms with van der Waals surface area (Å²) in [6.07, 6.45) is 2.23. The molecule has 0 aliphatic heterocycles. The fraction of sp³-hybridized carbons (Fsp3) is 0.682. The van der Waals surface area contributed by atoms with Gasteiger partial charge in [-0.3, -0.25) is 4.79 Å². The monoisotopic (exact) mass is 332 g/mol. The molecule has 2 heteroatoms. The third-order valence-electron chi connectivity index (χ3n) is 4.57. The van der Waals surface area contributed by atoms with Gasteiger partial charge in [0.2, 0.25) is 0 Å². The van der Waals surface area contributed by atoms with Crippen LogP contribution in [0.2, 0.25) is 0 Å². The predicted octanol–water partition coefficient (Wildman–Crippen LogP) is 5.80. The van der Waals surface area contributed by atoms with Crippen molar-refractivity contribution >= 4 is 5.97 Å².